The molecule has 0 aromatic rings. The van der Waals surface area contributed by atoms with Gasteiger partial charge in [0.05, 0.1) is 39.6 Å². The van der Waals surface area contributed by atoms with Crippen LogP contribution in [0.2, 0.25) is 0 Å². The first kappa shape index (κ1) is 52.6. The monoisotopic (exact) mass is 818 g/mol. The maximum atomic E-state index is 12.1. The van der Waals surface area contributed by atoms with Crippen molar-refractivity contribution in [3.05, 3.63) is 0 Å². The van der Waals surface area contributed by atoms with Gasteiger partial charge in [0.1, 0.15) is 19.3 Å². The average Bonchev–Trinajstić information content (AvgIpc) is 3.16. The van der Waals surface area contributed by atoms with Crippen molar-refractivity contribution in [2.45, 2.75) is 103 Å². The fourth-order valence-electron chi connectivity index (χ4n) is 4.74. The summed E-state index contributed by atoms with van der Waals surface area (Å²) < 4.78 is 21.2. The Hall–Kier alpha value is -4.40. The van der Waals surface area contributed by atoms with Gasteiger partial charge in [-0.15, -0.1) is 0 Å². The smallest absolute Gasteiger partial charge is 0.326 e. The number of ether oxygens (including phenoxy) is 4. The van der Waals surface area contributed by atoms with E-state index in [-0.39, 0.29) is 121 Å². The molecule has 57 heavy (non-hydrogen) atoms. The minimum Gasteiger partial charge on any atom is -0.481 e. The van der Waals surface area contributed by atoms with E-state index in [0.717, 1.165) is 25.7 Å². The second-order valence-electron chi connectivity index (χ2n) is 12.9. The molecule has 8 N–H and O–H groups in total. The molecule has 0 aromatic carbocycles. The van der Waals surface area contributed by atoms with Crippen molar-refractivity contribution in [1.29, 1.82) is 0 Å². The Morgan fingerprint density at radius 3 is 1.37 bits per heavy atom. The lowest BCUT2D eigenvalue weighted by molar-refractivity contribution is -0.143. The fraction of sp³-hybridized carbons (Fsp3) is 0.784. The van der Waals surface area contributed by atoms with Crippen molar-refractivity contribution in [2.75, 3.05) is 85.6 Å². The Balaban J connectivity index is 3.68. The normalized spacial score (nSPS) is 11.2. The van der Waals surface area contributed by atoms with Crippen LogP contribution in [0.4, 0.5) is 0 Å². The average molecular weight is 819 g/mol. The van der Waals surface area contributed by atoms with E-state index in [1.807, 2.05) is 6.92 Å². The highest BCUT2D eigenvalue weighted by Gasteiger charge is 2.21. The van der Waals surface area contributed by atoms with Crippen LogP contribution in [0.5, 0.6) is 0 Å². The molecule has 0 radical (unpaired) electrons. The highest BCUT2D eigenvalue weighted by atomic mass is 16.5. The number of nitrogens with one attached hydrogen (secondary N) is 6. The van der Waals surface area contributed by atoms with Crippen LogP contribution in [-0.4, -0.2) is 149 Å². The third kappa shape index (κ3) is 37.0. The van der Waals surface area contributed by atoms with E-state index >= 15 is 0 Å². The molecule has 0 rings (SSSR count). The molecular formula is C37H66N6O14. The van der Waals surface area contributed by atoms with E-state index in [0.29, 0.717) is 51.7 Å². The van der Waals surface area contributed by atoms with Crippen molar-refractivity contribution >= 4 is 47.4 Å². The number of carbonyl (C=O) groups is 8. The van der Waals surface area contributed by atoms with Crippen molar-refractivity contribution in [2.24, 2.45) is 0 Å². The fourth-order valence-corrected chi connectivity index (χ4v) is 4.74. The molecule has 0 aliphatic rings. The van der Waals surface area contributed by atoms with E-state index in [1.54, 1.807) is 0 Å². The summed E-state index contributed by atoms with van der Waals surface area (Å²) in [5, 5.41) is 33.8. The van der Waals surface area contributed by atoms with Crippen LogP contribution in [0.1, 0.15) is 96.8 Å². The van der Waals surface area contributed by atoms with Gasteiger partial charge in [-0.2, -0.15) is 0 Å². The molecule has 20 nitrogen and oxygen atoms in total. The molecule has 0 aliphatic heterocycles. The van der Waals surface area contributed by atoms with Gasteiger partial charge in [-0.1, -0.05) is 26.2 Å². The second kappa shape index (κ2) is 37.2. The molecular weight excluding hydrogens is 752 g/mol. The molecule has 0 aromatic heterocycles. The van der Waals surface area contributed by atoms with Crippen LogP contribution in [0.3, 0.4) is 0 Å². The zero-order valence-corrected chi connectivity index (χ0v) is 33.5. The lowest BCUT2D eigenvalue weighted by atomic mass is 10.1. The number of aliphatic carboxylic acids is 2. The SMILES string of the molecule is CCCCNC(=O)CCCNC(=O)CCC(NC(=O)COCCOCCNC(=O)COCCOCCNC(=O)CCCNC(=O)CCCCCCC(=O)O)C(=O)O. The summed E-state index contributed by atoms with van der Waals surface area (Å²) in [6.45, 7) is 4.28. The molecule has 328 valence electrons. The molecule has 1 atom stereocenters. The quantitative estimate of drug-likeness (QED) is 0.0372. The molecule has 0 saturated heterocycles. The van der Waals surface area contributed by atoms with E-state index < -0.39 is 30.5 Å². The second-order valence-corrected chi connectivity index (χ2v) is 12.9. The van der Waals surface area contributed by atoms with Gasteiger partial charge >= 0.3 is 11.9 Å². The molecule has 0 fully saturated rings. The first-order valence-corrected chi connectivity index (χ1v) is 19.8. The Bertz CT molecular complexity index is 1180. The van der Waals surface area contributed by atoms with Gasteiger partial charge in [-0.25, -0.2) is 4.79 Å². The van der Waals surface area contributed by atoms with Crippen molar-refractivity contribution in [3.63, 3.8) is 0 Å². The standard InChI is InChI=1S/C37H66N6O14/c1-2-3-16-38-31(45)11-8-18-40-33(47)15-14-29(37(52)53)43-35(49)28-57-26-24-55-22-20-42-34(48)27-56-25-23-54-21-19-41-32(46)12-9-17-39-30(44)10-6-4-5-7-13-36(50)51/h29H,2-28H2,1H3,(H,38,45)(H,39,44)(H,40,47)(H,41,46)(H,42,48)(H,43,49)(H,50,51)(H,52,53). The zero-order valence-electron chi connectivity index (χ0n) is 33.5. The van der Waals surface area contributed by atoms with Crippen LogP contribution < -0.4 is 31.9 Å². The van der Waals surface area contributed by atoms with Crippen molar-refractivity contribution in [3.8, 4) is 0 Å². The third-order valence-corrected chi connectivity index (χ3v) is 7.84. The van der Waals surface area contributed by atoms with Crippen molar-refractivity contribution < 1.29 is 67.5 Å². The minimum atomic E-state index is -1.28. The summed E-state index contributed by atoms with van der Waals surface area (Å²) in [4.78, 5) is 93.4. The molecule has 0 aliphatic carbocycles. The largest absolute Gasteiger partial charge is 0.481 e. The van der Waals surface area contributed by atoms with Gasteiger partial charge < -0.3 is 61.1 Å². The highest BCUT2D eigenvalue weighted by molar-refractivity contribution is 5.85. The number of carboxylic acids is 2. The molecule has 0 heterocycles. The lowest BCUT2D eigenvalue weighted by Crippen LogP contribution is -2.43. The number of hydrogen-bond donors (Lipinski definition) is 8. The predicted octanol–water partition coefficient (Wildman–Crippen LogP) is -0.231. The summed E-state index contributed by atoms with van der Waals surface area (Å²) in [5.41, 5.74) is 0. The Kier molecular flexibility index (Phi) is 34.3. The number of carbonyl (C=O) groups excluding carboxylic acids is 6. The molecule has 6 amide bonds. The van der Waals surface area contributed by atoms with Gasteiger partial charge in [0.2, 0.25) is 35.4 Å². The number of carboxylic acid groups (broad SMARTS) is 2. The summed E-state index contributed by atoms with van der Waals surface area (Å²) in [6, 6.07) is -1.27. The number of rotatable bonds is 39. The third-order valence-electron chi connectivity index (χ3n) is 7.84. The van der Waals surface area contributed by atoms with Crippen molar-refractivity contribution in [1.82, 2.24) is 31.9 Å². The summed E-state index contributed by atoms with van der Waals surface area (Å²) >= 11 is 0. The van der Waals surface area contributed by atoms with Crippen LogP contribution >= 0.6 is 0 Å². The maximum absolute atomic E-state index is 12.1. The Morgan fingerprint density at radius 1 is 0.439 bits per heavy atom. The van der Waals surface area contributed by atoms with E-state index in [2.05, 4.69) is 31.9 Å². The van der Waals surface area contributed by atoms with Gasteiger partial charge in [-0.3, -0.25) is 33.6 Å². The highest BCUT2D eigenvalue weighted by Crippen LogP contribution is 2.05. The predicted molar refractivity (Wildman–Crippen MR) is 206 cm³/mol. The molecule has 1 unspecified atom stereocenters. The topological polar surface area (TPSA) is 286 Å². The number of unbranched alkanes of at least 4 members (excludes halogenated alkanes) is 4. The summed E-state index contributed by atoms with van der Waals surface area (Å²) in [6.07, 6.45) is 6.56. The van der Waals surface area contributed by atoms with E-state index in [4.69, 9.17) is 24.1 Å². The lowest BCUT2D eigenvalue weighted by Gasteiger charge is -2.14. The molecule has 0 saturated carbocycles. The van der Waals surface area contributed by atoms with Gasteiger partial charge in [0.15, 0.2) is 0 Å². The van der Waals surface area contributed by atoms with Gasteiger partial charge in [-0.05, 0) is 38.5 Å². The van der Waals surface area contributed by atoms with Crippen LogP contribution in [0, 0.1) is 0 Å². The molecule has 0 spiro atoms. The van der Waals surface area contributed by atoms with Gasteiger partial charge in [0, 0.05) is 64.8 Å². The Labute approximate surface area is 335 Å². The van der Waals surface area contributed by atoms with E-state index in [1.165, 1.54) is 0 Å². The maximum Gasteiger partial charge on any atom is 0.326 e. The first-order chi connectivity index (χ1) is 27.4. The minimum absolute atomic E-state index is 0.0480. The molecule has 0 bridgehead atoms. The van der Waals surface area contributed by atoms with Crippen LogP contribution in [0.15, 0.2) is 0 Å². The number of amides is 6. The van der Waals surface area contributed by atoms with Crippen LogP contribution in [-0.2, 0) is 57.3 Å². The first-order valence-electron chi connectivity index (χ1n) is 19.8. The zero-order chi connectivity index (χ0) is 42.4. The number of hydrogen-bond acceptors (Lipinski definition) is 12. The Morgan fingerprint density at radius 2 is 0.860 bits per heavy atom. The van der Waals surface area contributed by atoms with E-state index in [9.17, 15) is 43.5 Å². The van der Waals surface area contributed by atoms with Gasteiger partial charge in [0.25, 0.3) is 0 Å². The summed E-state index contributed by atoms with van der Waals surface area (Å²) in [7, 11) is 0. The van der Waals surface area contributed by atoms with Crippen LogP contribution in [0.25, 0.3) is 0 Å². The molecule has 20 heteroatoms. The summed E-state index contributed by atoms with van der Waals surface area (Å²) in [5.74, 6) is -3.82.